The van der Waals surface area contributed by atoms with E-state index in [0.29, 0.717) is 5.56 Å². The number of nitrogens with zero attached hydrogens (tertiary/aromatic N) is 3. The topological polar surface area (TPSA) is 127 Å². The van der Waals surface area contributed by atoms with Crippen LogP contribution in [0.15, 0.2) is 53.1 Å². The first kappa shape index (κ1) is 16.8. The standard InChI is InChI=1S/C20H14N4O3/c1-18-15(13-6-3-2-4-7-13)20(12-23,17(24)27-18)19(10-21,11-22)16(26-18)14-8-5-9-25-14/h2-9,15-16,24H,1H3/t15-,16-,18+,20-/m0/s1. The molecule has 0 unspecified atom stereocenters. The highest BCUT2D eigenvalue weighted by molar-refractivity contribution is 5.90. The molecule has 4 rings (SSSR count). The van der Waals surface area contributed by atoms with Gasteiger partial charge in [-0.25, -0.2) is 0 Å². The molecule has 4 atom stereocenters. The zero-order valence-electron chi connectivity index (χ0n) is 14.3. The molecule has 2 aromatic rings. The predicted molar refractivity (Wildman–Crippen MR) is 90.6 cm³/mol. The molecule has 7 heteroatoms. The molecule has 1 aromatic carbocycles. The van der Waals surface area contributed by atoms with E-state index in [4.69, 9.17) is 19.3 Å². The number of ether oxygens (including phenoxy) is 2. The molecule has 7 nitrogen and oxygen atoms in total. The van der Waals surface area contributed by atoms with Crippen LogP contribution in [0.2, 0.25) is 0 Å². The molecule has 0 radical (unpaired) electrons. The second-order valence-electron chi connectivity index (χ2n) is 6.76. The highest BCUT2D eigenvalue weighted by Gasteiger charge is 2.80. The maximum atomic E-state index is 10.2. The van der Waals surface area contributed by atoms with Gasteiger partial charge < -0.3 is 13.9 Å². The van der Waals surface area contributed by atoms with Crippen LogP contribution in [-0.2, 0) is 9.47 Å². The van der Waals surface area contributed by atoms with E-state index < -0.39 is 34.5 Å². The van der Waals surface area contributed by atoms with Crippen molar-refractivity contribution in [3.05, 3.63) is 60.1 Å². The van der Waals surface area contributed by atoms with Gasteiger partial charge >= 0.3 is 0 Å². The van der Waals surface area contributed by atoms with Crippen LogP contribution in [0.3, 0.4) is 0 Å². The van der Waals surface area contributed by atoms with Gasteiger partial charge in [0.25, 0.3) is 0 Å². The van der Waals surface area contributed by atoms with E-state index in [1.165, 1.54) is 6.26 Å². The average molecular weight is 358 g/mol. The van der Waals surface area contributed by atoms with Crippen molar-refractivity contribution < 1.29 is 13.9 Å². The lowest BCUT2D eigenvalue weighted by molar-refractivity contribution is -0.257. The van der Waals surface area contributed by atoms with Crippen LogP contribution in [0.25, 0.3) is 0 Å². The van der Waals surface area contributed by atoms with Crippen molar-refractivity contribution in [2.45, 2.75) is 24.7 Å². The fourth-order valence-electron chi connectivity index (χ4n) is 4.33. The lowest BCUT2D eigenvalue weighted by atomic mass is 9.53. The van der Waals surface area contributed by atoms with Crippen LogP contribution in [0, 0.1) is 50.2 Å². The van der Waals surface area contributed by atoms with Gasteiger partial charge in [0.05, 0.1) is 30.4 Å². The van der Waals surface area contributed by atoms with Crippen molar-refractivity contribution in [1.29, 1.82) is 21.2 Å². The van der Waals surface area contributed by atoms with Gasteiger partial charge in [0.15, 0.2) is 11.5 Å². The smallest absolute Gasteiger partial charge is 0.219 e. The zero-order chi connectivity index (χ0) is 19.3. The van der Waals surface area contributed by atoms with E-state index in [1.54, 1.807) is 43.3 Å². The Morgan fingerprint density at radius 2 is 1.70 bits per heavy atom. The monoisotopic (exact) mass is 358 g/mol. The largest absolute Gasteiger partial charge is 0.466 e. The fourth-order valence-corrected chi connectivity index (χ4v) is 4.33. The van der Waals surface area contributed by atoms with E-state index in [9.17, 15) is 15.8 Å². The van der Waals surface area contributed by atoms with Gasteiger partial charge in [0, 0.05) is 6.92 Å². The molecule has 1 N–H and O–H groups in total. The number of fused-ring (bicyclic) bond motifs is 2. The molecule has 2 saturated heterocycles. The minimum absolute atomic E-state index is 0.230. The molecule has 2 fully saturated rings. The second-order valence-corrected chi connectivity index (χ2v) is 6.76. The second kappa shape index (κ2) is 5.45. The van der Waals surface area contributed by atoms with Crippen LogP contribution in [0.1, 0.15) is 30.3 Å². The van der Waals surface area contributed by atoms with Gasteiger partial charge in [-0.05, 0) is 17.7 Å². The van der Waals surface area contributed by atoms with Gasteiger partial charge in [-0.15, -0.1) is 0 Å². The Morgan fingerprint density at radius 3 is 2.26 bits per heavy atom. The molecular weight excluding hydrogens is 344 g/mol. The van der Waals surface area contributed by atoms with Crippen molar-refractivity contribution in [2.24, 2.45) is 10.8 Å². The molecule has 0 amide bonds. The third-order valence-corrected chi connectivity index (χ3v) is 5.45. The molecule has 2 aliphatic rings. The lowest BCUT2D eigenvalue weighted by Crippen LogP contribution is -2.57. The van der Waals surface area contributed by atoms with Gasteiger partial charge in [-0.2, -0.15) is 15.8 Å². The van der Waals surface area contributed by atoms with Crippen LogP contribution < -0.4 is 0 Å². The van der Waals surface area contributed by atoms with Crippen molar-refractivity contribution in [2.75, 3.05) is 0 Å². The molecule has 2 aliphatic heterocycles. The molecule has 132 valence electrons. The molecule has 0 saturated carbocycles. The number of nitriles is 3. The Balaban J connectivity index is 2.06. The maximum Gasteiger partial charge on any atom is 0.219 e. The van der Waals surface area contributed by atoms with Gasteiger partial charge in [-0.1, -0.05) is 30.3 Å². The molecular formula is C20H14N4O3. The van der Waals surface area contributed by atoms with Crippen LogP contribution in [0.4, 0.5) is 0 Å². The summed E-state index contributed by atoms with van der Waals surface area (Å²) in [6.45, 7) is 1.62. The van der Waals surface area contributed by atoms with Gasteiger partial charge in [0.1, 0.15) is 5.76 Å². The summed E-state index contributed by atoms with van der Waals surface area (Å²) in [7, 11) is 0. The molecule has 0 aliphatic carbocycles. The predicted octanol–water partition coefficient (Wildman–Crippen LogP) is 3.40. The number of benzene rings is 1. The minimum atomic E-state index is -2.03. The van der Waals surface area contributed by atoms with Crippen LogP contribution >= 0.6 is 0 Å². The first-order chi connectivity index (χ1) is 13.0. The molecule has 1 aromatic heterocycles. The highest BCUT2D eigenvalue weighted by atomic mass is 16.7. The Hall–Kier alpha value is -3.60. The molecule has 3 heterocycles. The normalized spacial score (nSPS) is 33.3. The van der Waals surface area contributed by atoms with E-state index in [2.05, 4.69) is 6.07 Å². The summed E-state index contributed by atoms with van der Waals surface area (Å²) in [5, 5.41) is 38.9. The number of rotatable bonds is 2. The van der Waals surface area contributed by atoms with E-state index >= 15 is 0 Å². The average Bonchev–Trinajstić information content (AvgIpc) is 3.27. The van der Waals surface area contributed by atoms with E-state index in [0.717, 1.165) is 0 Å². The summed E-state index contributed by atoms with van der Waals surface area (Å²) in [6, 6.07) is 18.2. The Labute approximate surface area is 155 Å². The number of hydrogen-bond donors (Lipinski definition) is 1. The van der Waals surface area contributed by atoms with Gasteiger partial charge in [0.2, 0.25) is 17.1 Å². The summed E-state index contributed by atoms with van der Waals surface area (Å²) in [5.74, 6) is -2.47. The first-order valence-corrected chi connectivity index (χ1v) is 8.27. The van der Waals surface area contributed by atoms with E-state index in [-0.39, 0.29) is 5.76 Å². The van der Waals surface area contributed by atoms with Crippen LogP contribution in [0.5, 0.6) is 0 Å². The quantitative estimate of drug-likeness (QED) is 0.876. The number of nitrogens with one attached hydrogen (secondary N) is 1. The highest BCUT2D eigenvalue weighted by Crippen LogP contribution is 2.69. The third kappa shape index (κ3) is 1.83. The van der Waals surface area contributed by atoms with Crippen molar-refractivity contribution >= 4 is 5.90 Å². The minimum Gasteiger partial charge on any atom is -0.466 e. The molecule has 27 heavy (non-hydrogen) atoms. The maximum absolute atomic E-state index is 10.2. The first-order valence-electron chi connectivity index (χ1n) is 8.27. The molecule has 2 bridgehead atoms. The van der Waals surface area contributed by atoms with Crippen LogP contribution in [-0.4, -0.2) is 11.7 Å². The number of hydrogen-bond acceptors (Lipinski definition) is 7. The summed E-state index contributed by atoms with van der Waals surface area (Å²) >= 11 is 0. The summed E-state index contributed by atoms with van der Waals surface area (Å²) < 4.78 is 17.2. The van der Waals surface area contributed by atoms with Crippen molar-refractivity contribution in [1.82, 2.24) is 0 Å². The fraction of sp³-hybridized carbons (Fsp3) is 0.300. The SMILES string of the molecule is C[C@@]12OC(=N)[C@](C#N)([C@H]1c1ccccc1)C(C#N)(C#N)[C@H](c1ccco1)O2. The lowest BCUT2D eigenvalue weighted by Gasteiger charge is -2.48. The summed E-state index contributed by atoms with van der Waals surface area (Å²) in [6.07, 6.45) is 0.215. The van der Waals surface area contributed by atoms with Gasteiger partial charge in [-0.3, -0.25) is 5.41 Å². The van der Waals surface area contributed by atoms with Crippen molar-refractivity contribution in [3.8, 4) is 18.2 Å². The molecule has 0 spiro atoms. The summed E-state index contributed by atoms with van der Waals surface area (Å²) in [5.41, 5.74) is -3.24. The van der Waals surface area contributed by atoms with Crippen molar-refractivity contribution in [3.63, 3.8) is 0 Å². The Bertz CT molecular complexity index is 1010. The Kier molecular flexibility index (Phi) is 3.40. The third-order valence-electron chi connectivity index (χ3n) is 5.45. The van der Waals surface area contributed by atoms with E-state index in [1.807, 2.05) is 18.2 Å². The summed E-state index contributed by atoms with van der Waals surface area (Å²) in [4.78, 5) is 0. The zero-order valence-corrected chi connectivity index (χ0v) is 14.3. The Morgan fingerprint density at radius 1 is 1.00 bits per heavy atom. The number of furan rings is 1.